The van der Waals surface area contributed by atoms with Crippen LogP contribution in [0.4, 0.5) is 0 Å². The third-order valence-corrected chi connectivity index (χ3v) is 4.13. The lowest BCUT2D eigenvalue weighted by Crippen LogP contribution is -2.41. The molecule has 0 bridgehead atoms. The van der Waals surface area contributed by atoms with Crippen molar-refractivity contribution in [3.63, 3.8) is 0 Å². The van der Waals surface area contributed by atoms with Gasteiger partial charge in [-0.25, -0.2) is 0 Å². The molecule has 0 spiro atoms. The summed E-state index contributed by atoms with van der Waals surface area (Å²) < 4.78 is 22.3. The summed E-state index contributed by atoms with van der Waals surface area (Å²) in [6, 6.07) is 5.47. The zero-order chi connectivity index (χ0) is 15.0. The third-order valence-electron chi connectivity index (χ3n) is 3.81. The Morgan fingerprint density at radius 2 is 1.75 bits per heavy atom. The van der Waals surface area contributed by atoms with Crippen LogP contribution in [0.2, 0.25) is 5.02 Å². The summed E-state index contributed by atoms with van der Waals surface area (Å²) in [5.41, 5.74) is 0.134. The van der Waals surface area contributed by atoms with Crippen LogP contribution in [-0.4, -0.2) is 32.2 Å². The van der Waals surface area contributed by atoms with E-state index in [9.17, 15) is 0 Å². The minimum absolute atomic E-state index is 0.145. The predicted molar refractivity (Wildman–Crippen MR) is 79.7 cm³/mol. The number of halogens is 1. The molecule has 6 heteroatoms. The number of benzene rings is 1. The van der Waals surface area contributed by atoms with Crippen molar-refractivity contribution in [1.29, 1.82) is 0 Å². The molecule has 2 rings (SSSR count). The molecule has 0 aromatic heterocycles. The molecular weight excluding hydrogens is 278 g/mol. The molecule has 0 amide bonds. The zero-order valence-electron chi connectivity index (χ0n) is 12.5. The predicted octanol–water partition coefficient (Wildman–Crippen LogP) is 2.62. The second-order valence-electron chi connectivity index (χ2n) is 5.83. The Bertz CT molecular complexity index is 474. The van der Waals surface area contributed by atoms with Crippen LogP contribution in [0.5, 0.6) is 5.75 Å². The van der Waals surface area contributed by atoms with E-state index >= 15 is 0 Å². The molecule has 20 heavy (non-hydrogen) atoms. The van der Waals surface area contributed by atoms with Gasteiger partial charge >= 0.3 is 7.12 Å². The normalized spacial score (nSPS) is 20.2. The van der Waals surface area contributed by atoms with Gasteiger partial charge in [0.25, 0.3) is 0 Å². The fraction of sp³-hybridized carbons (Fsp3) is 0.571. The highest BCUT2D eigenvalue weighted by Gasteiger charge is 2.51. The van der Waals surface area contributed by atoms with Crippen molar-refractivity contribution < 1.29 is 18.8 Å². The topological polar surface area (TPSA) is 36.9 Å². The molecule has 4 nitrogen and oxygen atoms in total. The Morgan fingerprint density at radius 3 is 2.30 bits per heavy atom. The van der Waals surface area contributed by atoms with Crippen LogP contribution in [0.15, 0.2) is 18.2 Å². The molecule has 1 heterocycles. The van der Waals surface area contributed by atoms with Crippen molar-refractivity contribution in [3.05, 3.63) is 23.2 Å². The van der Waals surface area contributed by atoms with Gasteiger partial charge in [-0.05, 0) is 45.3 Å². The second-order valence-corrected chi connectivity index (χ2v) is 6.24. The van der Waals surface area contributed by atoms with Crippen LogP contribution < -0.4 is 10.2 Å². The van der Waals surface area contributed by atoms with Crippen LogP contribution >= 0.6 is 11.6 Å². The number of rotatable bonds is 4. The molecular formula is C14H20BClO4. The maximum Gasteiger partial charge on any atom is 0.494 e. The van der Waals surface area contributed by atoms with E-state index in [1.807, 2.05) is 39.8 Å². The van der Waals surface area contributed by atoms with Gasteiger partial charge in [-0.3, -0.25) is 0 Å². The van der Waals surface area contributed by atoms with Gasteiger partial charge in [0.05, 0.1) is 16.2 Å². The van der Waals surface area contributed by atoms with Crippen LogP contribution in [-0.2, 0) is 14.0 Å². The maximum atomic E-state index is 6.09. The van der Waals surface area contributed by atoms with E-state index < -0.39 is 7.12 Å². The van der Waals surface area contributed by atoms with Crippen LogP contribution in [0, 0.1) is 0 Å². The van der Waals surface area contributed by atoms with E-state index in [0.29, 0.717) is 10.8 Å². The Balaban J connectivity index is 2.22. The van der Waals surface area contributed by atoms with Gasteiger partial charge in [0.1, 0.15) is 5.75 Å². The lowest BCUT2D eigenvalue weighted by molar-refractivity contribution is 0.00578. The molecule has 0 atom stereocenters. The Kier molecular flexibility index (Phi) is 4.35. The standard InChI is InChI=1S/C14H20BClO4/c1-13(2)14(3,4)20-15(19-13)10-6-7-11(16)12(8-10)18-9-17-5/h6-8H,9H2,1-5H3. The van der Waals surface area contributed by atoms with Crippen molar-refractivity contribution in [3.8, 4) is 5.75 Å². The van der Waals surface area contributed by atoms with Crippen molar-refractivity contribution in [1.82, 2.24) is 0 Å². The van der Waals surface area contributed by atoms with Gasteiger partial charge in [-0.1, -0.05) is 17.7 Å². The van der Waals surface area contributed by atoms with E-state index in [1.165, 1.54) is 0 Å². The molecule has 0 N–H and O–H groups in total. The molecule has 1 fully saturated rings. The third kappa shape index (κ3) is 2.96. The summed E-state index contributed by atoms with van der Waals surface area (Å²) in [4.78, 5) is 0. The highest BCUT2D eigenvalue weighted by Crippen LogP contribution is 2.37. The molecule has 0 saturated carbocycles. The van der Waals surface area contributed by atoms with Crippen molar-refractivity contribution in [2.75, 3.05) is 13.9 Å². The smallest absolute Gasteiger partial charge is 0.466 e. The zero-order valence-corrected chi connectivity index (χ0v) is 13.3. The summed E-state index contributed by atoms with van der Waals surface area (Å²) >= 11 is 6.09. The number of ether oxygens (including phenoxy) is 2. The summed E-state index contributed by atoms with van der Waals surface area (Å²) in [6.45, 7) is 8.22. The van der Waals surface area contributed by atoms with Gasteiger partial charge in [-0.15, -0.1) is 0 Å². The first kappa shape index (κ1) is 15.6. The van der Waals surface area contributed by atoms with E-state index in [1.54, 1.807) is 13.2 Å². The molecule has 110 valence electrons. The van der Waals surface area contributed by atoms with Crippen molar-refractivity contribution >= 4 is 24.2 Å². The average Bonchev–Trinajstić information content (AvgIpc) is 2.57. The lowest BCUT2D eigenvalue weighted by Gasteiger charge is -2.32. The summed E-state index contributed by atoms with van der Waals surface area (Å²) in [7, 11) is 1.13. The molecule has 1 aromatic rings. The van der Waals surface area contributed by atoms with E-state index in [0.717, 1.165) is 5.46 Å². The minimum atomic E-state index is -0.429. The summed E-state index contributed by atoms with van der Waals surface area (Å²) in [6.07, 6.45) is 0. The number of methoxy groups -OCH3 is 1. The highest BCUT2D eigenvalue weighted by molar-refractivity contribution is 6.62. The maximum absolute atomic E-state index is 6.09. The van der Waals surface area contributed by atoms with Gasteiger partial charge in [0.15, 0.2) is 6.79 Å². The van der Waals surface area contributed by atoms with Gasteiger partial charge in [0.2, 0.25) is 0 Å². The average molecular weight is 299 g/mol. The summed E-state index contributed by atoms with van der Waals surface area (Å²) in [5.74, 6) is 0.556. The first-order chi connectivity index (χ1) is 9.27. The molecule has 1 aliphatic rings. The first-order valence-corrected chi connectivity index (χ1v) is 6.91. The molecule has 0 unspecified atom stereocenters. The second kappa shape index (κ2) is 5.56. The lowest BCUT2D eigenvalue weighted by atomic mass is 9.79. The molecule has 1 aliphatic heterocycles. The van der Waals surface area contributed by atoms with Gasteiger partial charge in [-0.2, -0.15) is 0 Å². The van der Waals surface area contributed by atoms with E-state index in [-0.39, 0.29) is 18.0 Å². The Morgan fingerprint density at radius 1 is 1.15 bits per heavy atom. The van der Waals surface area contributed by atoms with Crippen LogP contribution in [0.3, 0.4) is 0 Å². The molecule has 1 aromatic carbocycles. The largest absolute Gasteiger partial charge is 0.494 e. The number of hydrogen-bond acceptors (Lipinski definition) is 4. The van der Waals surface area contributed by atoms with E-state index in [2.05, 4.69) is 0 Å². The minimum Gasteiger partial charge on any atom is -0.466 e. The monoisotopic (exact) mass is 298 g/mol. The summed E-state index contributed by atoms with van der Waals surface area (Å²) in [5, 5.41) is 0.530. The molecule has 0 aliphatic carbocycles. The fourth-order valence-corrected chi connectivity index (χ4v) is 2.05. The Labute approximate surface area is 125 Å². The van der Waals surface area contributed by atoms with Crippen molar-refractivity contribution in [2.45, 2.75) is 38.9 Å². The first-order valence-electron chi connectivity index (χ1n) is 6.54. The fourth-order valence-electron chi connectivity index (χ4n) is 1.88. The quantitative estimate of drug-likeness (QED) is 0.632. The van der Waals surface area contributed by atoms with Crippen LogP contribution in [0.25, 0.3) is 0 Å². The van der Waals surface area contributed by atoms with E-state index in [4.69, 9.17) is 30.4 Å². The van der Waals surface area contributed by atoms with Crippen molar-refractivity contribution in [2.24, 2.45) is 0 Å². The van der Waals surface area contributed by atoms with Gasteiger partial charge < -0.3 is 18.8 Å². The highest BCUT2D eigenvalue weighted by atomic mass is 35.5. The van der Waals surface area contributed by atoms with Crippen LogP contribution in [0.1, 0.15) is 27.7 Å². The SMILES string of the molecule is COCOc1cc(B2OC(C)(C)C(C)(C)O2)ccc1Cl. The molecule has 0 radical (unpaired) electrons. The molecule has 1 saturated heterocycles. The Hall–Kier alpha value is -0.745. The van der Waals surface area contributed by atoms with Gasteiger partial charge in [0, 0.05) is 7.11 Å². The number of hydrogen-bond donors (Lipinski definition) is 0.